The quantitative estimate of drug-likeness (QED) is 0.663. The molecule has 0 spiro atoms. The molecule has 2 aromatic rings. The molecular formula is C14H10F4N2O5. The molecule has 0 aliphatic carbocycles. The van der Waals surface area contributed by atoms with E-state index < -0.39 is 40.8 Å². The number of nitrogens with zero attached hydrogens (tertiary/aromatic N) is 1. The summed E-state index contributed by atoms with van der Waals surface area (Å²) in [6, 6.07) is 2.26. The zero-order valence-electron chi connectivity index (χ0n) is 12.7. The van der Waals surface area contributed by atoms with Crippen molar-refractivity contribution in [1.29, 1.82) is 0 Å². The van der Waals surface area contributed by atoms with Gasteiger partial charge in [0.05, 0.1) is 14.2 Å². The summed E-state index contributed by atoms with van der Waals surface area (Å²) in [7, 11) is 2.12. The number of H-pyrrole nitrogens is 1. The van der Waals surface area contributed by atoms with Crippen LogP contribution in [0.2, 0.25) is 0 Å². The van der Waals surface area contributed by atoms with Gasteiger partial charge in [0.1, 0.15) is 17.3 Å². The molecule has 0 aliphatic heterocycles. The fourth-order valence-corrected chi connectivity index (χ4v) is 1.94. The van der Waals surface area contributed by atoms with E-state index in [9.17, 15) is 27.2 Å². The van der Waals surface area contributed by atoms with E-state index in [-0.39, 0.29) is 11.3 Å². The number of hydrogen-bond donors (Lipinski definition) is 1. The van der Waals surface area contributed by atoms with Crippen molar-refractivity contribution in [1.82, 2.24) is 10.2 Å². The van der Waals surface area contributed by atoms with Crippen LogP contribution in [0.4, 0.5) is 17.6 Å². The fraction of sp³-hybridized carbons (Fsp3) is 0.214. The first kappa shape index (κ1) is 18.2. The third-order valence-electron chi connectivity index (χ3n) is 2.95. The van der Waals surface area contributed by atoms with Gasteiger partial charge < -0.3 is 14.2 Å². The lowest BCUT2D eigenvalue weighted by Gasteiger charge is -2.12. The smallest absolute Gasteiger partial charge is 0.491 e. The molecule has 0 unspecified atom stereocenters. The molecule has 2 rings (SSSR count). The Labute approximate surface area is 137 Å². The molecule has 0 radical (unpaired) electrons. The van der Waals surface area contributed by atoms with E-state index in [0.29, 0.717) is 6.07 Å². The molecule has 0 amide bonds. The van der Waals surface area contributed by atoms with Gasteiger partial charge in [-0.1, -0.05) is 0 Å². The highest BCUT2D eigenvalue weighted by Gasteiger charge is 2.31. The van der Waals surface area contributed by atoms with Gasteiger partial charge in [-0.3, -0.25) is 9.89 Å². The Bertz CT molecular complexity index is 863. The molecule has 1 aromatic carbocycles. The summed E-state index contributed by atoms with van der Waals surface area (Å²) in [5.74, 6) is -3.42. The van der Waals surface area contributed by atoms with Crippen molar-refractivity contribution < 1.29 is 36.6 Å². The van der Waals surface area contributed by atoms with E-state index in [0.717, 1.165) is 26.4 Å². The number of alkyl halides is 3. The summed E-state index contributed by atoms with van der Waals surface area (Å²) in [5, 5.41) is 5.75. The van der Waals surface area contributed by atoms with Crippen molar-refractivity contribution in [2.45, 2.75) is 6.36 Å². The first-order valence-electron chi connectivity index (χ1n) is 6.48. The topological polar surface area (TPSA) is 90.5 Å². The van der Waals surface area contributed by atoms with Crippen molar-refractivity contribution in [3.63, 3.8) is 0 Å². The van der Waals surface area contributed by atoms with Crippen LogP contribution in [0.5, 0.6) is 11.5 Å². The highest BCUT2D eigenvalue weighted by molar-refractivity contribution is 5.88. The van der Waals surface area contributed by atoms with Crippen LogP contribution < -0.4 is 14.9 Å². The summed E-state index contributed by atoms with van der Waals surface area (Å²) in [6.45, 7) is 0. The average molecular weight is 362 g/mol. The first-order chi connectivity index (χ1) is 11.7. The van der Waals surface area contributed by atoms with E-state index in [1.54, 1.807) is 0 Å². The molecule has 0 aliphatic rings. The van der Waals surface area contributed by atoms with Gasteiger partial charge in [-0.25, -0.2) is 9.18 Å². The lowest BCUT2D eigenvalue weighted by atomic mass is 10.1. The summed E-state index contributed by atoms with van der Waals surface area (Å²) in [5.41, 5.74) is -2.18. The van der Waals surface area contributed by atoms with E-state index in [4.69, 9.17) is 4.74 Å². The zero-order chi connectivity index (χ0) is 18.8. The molecule has 11 heteroatoms. The van der Waals surface area contributed by atoms with Gasteiger partial charge in [0.15, 0.2) is 5.75 Å². The van der Waals surface area contributed by atoms with Gasteiger partial charge in [0.25, 0.3) is 5.43 Å². The van der Waals surface area contributed by atoms with Crippen molar-refractivity contribution in [3.05, 3.63) is 39.9 Å². The number of rotatable bonds is 4. The van der Waals surface area contributed by atoms with E-state index in [1.165, 1.54) is 0 Å². The Morgan fingerprint density at radius 3 is 2.44 bits per heavy atom. The summed E-state index contributed by atoms with van der Waals surface area (Å²) >= 11 is 0. The minimum absolute atomic E-state index is 0.267. The Hall–Kier alpha value is -3.11. The third-order valence-corrected chi connectivity index (χ3v) is 2.95. The van der Waals surface area contributed by atoms with Crippen LogP contribution in [-0.4, -0.2) is 36.7 Å². The van der Waals surface area contributed by atoms with Crippen LogP contribution in [0, 0.1) is 5.82 Å². The molecule has 0 bridgehead atoms. The van der Waals surface area contributed by atoms with Crippen LogP contribution in [0.3, 0.4) is 0 Å². The van der Waals surface area contributed by atoms with Crippen LogP contribution in [-0.2, 0) is 4.74 Å². The van der Waals surface area contributed by atoms with Crippen molar-refractivity contribution in [2.75, 3.05) is 14.2 Å². The molecule has 134 valence electrons. The second-order valence-electron chi connectivity index (χ2n) is 4.49. The molecule has 0 saturated heterocycles. The number of methoxy groups -OCH3 is 2. The van der Waals surface area contributed by atoms with E-state index >= 15 is 0 Å². The Balaban J connectivity index is 2.54. The molecule has 0 atom stereocenters. The minimum Gasteiger partial charge on any atom is -0.491 e. The summed E-state index contributed by atoms with van der Waals surface area (Å²) in [6.07, 6.45) is -4.98. The van der Waals surface area contributed by atoms with Gasteiger partial charge in [0.2, 0.25) is 5.69 Å². The minimum atomic E-state index is -4.98. The van der Waals surface area contributed by atoms with Crippen LogP contribution >= 0.6 is 0 Å². The van der Waals surface area contributed by atoms with E-state index in [2.05, 4.69) is 19.7 Å². The molecule has 1 aromatic heterocycles. The predicted molar refractivity (Wildman–Crippen MR) is 74.8 cm³/mol. The van der Waals surface area contributed by atoms with Gasteiger partial charge >= 0.3 is 12.3 Å². The van der Waals surface area contributed by atoms with Crippen molar-refractivity contribution >= 4 is 5.97 Å². The maximum atomic E-state index is 14.1. The van der Waals surface area contributed by atoms with Gasteiger partial charge in [-0.05, 0) is 12.1 Å². The highest BCUT2D eigenvalue weighted by Crippen LogP contribution is 2.31. The number of ether oxygens (including phenoxy) is 3. The van der Waals surface area contributed by atoms with Crippen LogP contribution in [0.25, 0.3) is 11.3 Å². The molecule has 1 N–H and O–H groups in total. The Morgan fingerprint density at radius 1 is 1.24 bits per heavy atom. The third kappa shape index (κ3) is 3.87. The number of benzene rings is 1. The maximum absolute atomic E-state index is 14.1. The summed E-state index contributed by atoms with van der Waals surface area (Å²) in [4.78, 5) is 23.6. The largest absolute Gasteiger partial charge is 0.573 e. The molecule has 1 heterocycles. The molecule has 7 nitrogen and oxygen atoms in total. The molecular weight excluding hydrogens is 352 g/mol. The highest BCUT2D eigenvalue weighted by atomic mass is 19.4. The van der Waals surface area contributed by atoms with Gasteiger partial charge in [-0.2, -0.15) is 5.10 Å². The summed E-state index contributed by atoms with van der Waals surface area (Å²) < 4.78 is 63.4. The van der Waals surface area contributed by atoms with E-state index in [1.807, 2.05) is 0 Å². The number of halogens is 4. The van der Waals surface area contributed by atoms with Crippen LogP contribution in [0.1, 0.15) is 10.5 Å². The second kappa shape index (κ2) is 6.79. The lowest BCUT2D eigenvalue weighted by molar-refractivity contribution is -0.274. The first-order valence-corrected chi connectivity index (χ1v) is 6.48. The van der Waals surface area contributed by atoms with Crippen LogP contribution in [0.15, 0.2) is 23.0 Å². The second-order valence-corrected chi connectivity index (χ2v) is 4.49. The number of aromatic nitrogens is 2. The number of esters is 1. The van der Waals surface area contributed by atoms with Crippen molar-refractivity contribution in [3.8, 4) is 22.8 Å². The molecule has 0 fully saturated rings. The standard InChI is InChI=1S/C14H10F4N2O5/c1-23-12-9(19-20-10(11(12)21)13(22)24-2)7-4-3-6(5-8(7)15)25-14(16,17)18/h3-5H,1-2H3,(H,19,21). The number of hydrogen-bond acceptors (Lipinski definition) is 6. The monoisotopic (exact) mass is 362 g/mol. The van der Waals surface area contributed by atoms with Gasteiger partial charge in [0, 0.05) is 11.6 Å². The van der Waals surface area contributed by atoms with Gasteiger partial charge in [-0.15, -0.1) is 13.2 Å². The molecule has 0 saturated carbocycles. The molecule has 25 heavy (non-hydrogen) atoms. The lowest BCUT2D eigenvalue weighted by Crippen LogP contribution is -2.22. The maximum Gasteiger partial charge on any atom is 0.573 e. The zero-order valence-corrected chi connectivity index (χ0v) is 12.7. The van der Waals surface area contributed by atoms with Crippen molar-refractivity contribution in [2.24, 2.45) is 0 Å². The normalized spacial score (nSPS) is 11.1. The SMILES string of the molecule is COC(=O)c1n[nH]c(-c2ccc(OC(F)(F)F)cc2F)c(OC)c1=O. The predicted octanol–water partition coefficient (Wildman–Crippen LogP) is 2.27. The number of carbonyl (C=O) groups excluding carboxylic acids is 1. The Morgan fingerprint density at radius 2 is 1.92 bits per heavy atom. The number of aromatic amines is 1. The Kier molecular flexibility index (Phi) is 4.95. The average Bonchev–Trinajstić information content (AvgIpc) is 2.52. The fourth-order valence-electron chi connectivity index (χ4n) is 1.94. The number of nitrogens with one attached hydrogen (secondary N) is 1. The number of carbonyl (C=O) groups is 1.